The van der Waals surface area contributed by atoms with Gasteiger partial charge in [-0.2, -0.15) is 13.2 Å². The number of carbonyl (C=O) groups is 2. The number of halogens is 6. The molecule has 3 unspecified atom stereocenters. The van der Waals surface area contributed by atoms with E-state index in [-0.39, 0.29) is 15.6 Å². The van der Waals surface area contributed by atoms with Crippen LogP contribution in [0.4, 0.5) is 22.4 Å². The largest absolute Gasteiger partial charge is 0.437 e. The predicted octanol–water partition coefficient (Wildman–Crippen LogP) is 4.24. The van der Waals surface area contributed by atoms with Crippen molar-refractivity contribution >= 4 is 35.0 Å². The number of hydrogen-bond donors (Lipinski definition) is 3. The third-order valence-electron chi connectivity index (χ3n) is 4.53. The summed E-state index contributed by atoms with van der Waals surface area (Å²) in [5, 5.41) is 13.7. The summed E-state index contributed by atoms with van der Waals surface area (Å²) in [6.07, 6.45) is -5.46. The monoisotopic (exact) mass is 450 g/mol. The molecule has 0 spiro atoms. The van der Waals surface area contributed by atoms with Gasteiger partial charge in [-0.15, -0.1) is 0 Å². The molecule has 0 radical (unpaired) electrons. The Kier molecular flexibility index (Phi) is 5.50. The number of amides is 2. The van der Waals surface area contributed by atoms with Crippen LogP contribution in [0.5, 0.6) is 0 Å². The molecule has 3 N–H and O–H groups in total. The van der Waals surface area contributed by atoms with Crippen LogP contribution < -0.4 is 10.6 Å². The molecule has 2 aromatic carbocycles. The van der Waals surface area contributed by atoms with Crippen molar-refractivity contribution in [2.45, 2.75) is 17.9 Å². The molecule has 3 atom stereocenters. The zero-order valence-corrected chi connectivity index (χ0v) is 15.7. The van der Waals surface area contributed by atoms with Crippen LogP contribution in [-0.4, -0.2) is 28.8 Å². The first kappa shape index (κ1) is 21.4. The van der Waals surface area contributed by atoms with Gasteiger partial charge >= 0.3 is 12.2 Å². The van der Waals surface area contributed by atoms with E-state index in [4.69, 9.17) is 23.2 Å². The minimum absolute atomic E-state index is 0.219. The summed E-state index contributed by atoms with van der Waals surface area (Å²) >= 11 is 11.7. The molecule has 1 aliphatic heterocycles. The topological polar surface area (TPSA) is 78.4 Å². The maximum atomic E-state index is 14.5. The van der Waals surface area contributed by atoms with E-state index in [1.165, 1.54) is 29.6 Å². The SMILES string of the molecule is O=C1NC(c2c(F)cccc2Cl)C(C(=O)c2ccc(Cl)cc2)C(O)(C(F)(F)F)N1. The van der Waals surface area contributed by atoms with Crippen LogP contribution in [0.1, 0.15) is 22.0 Å². The third-order valence-corrected chi connectivity index (χ3v) is 5.11. The van der Waals surface area contributed by atoms with E-state index >= 15 is 0 Å². The second kappa shape index (κ2) is 7.47. The highest BCUT2D eigenvalue weighted by atomic mass is 35.5. The molecule has 29 heavy (non-hydrogen) atoms. The number of Topliss-reactive ketones (excluding diaryl/α,β-unsaturated/α-hetero) is 1. The first-order valence-electron chi connectivity index (χ1n) is 8.07. The fourth-order valence-corrected chi connectivity index (χ4v) is 3.59. The molecule has 2 aromatic rings. The summed E-state index contributed by atoms with van der Waals surface area (Å²) in [6.45, 7) is 0. The average molecular weight is 451 g/mol. The second-order valence-electron chi connectivity index (χ2n) is 6.32. The van der Waals surface area contributed by atoms with Crippen LogP contribution in [-0.2, 0) is 0 Å². The van der Waals surface area contributed by atoms with E-state index in [0.29, 0.717) is 0 Å². The van der Waals surface area contributed by atoms with Crippen LogP contribution in [0.25, 0.3) is 0 Å². The first-order chi connectivity index (χ1) is 13.5. The van der Waals surface area contributed by atoms with Gasteiger partial charge in [-0.05, 0) is 36.4 Å². The second-order valence-corrected chi connectivity index (χ2v) is 7.17. The molecule has 1 heterocycles. The van der Waals surface area contributed by atoms with Gasteiger partial charge in [0.1, 0.15) is 11.7 Å². The highest BCUT2D eigenvalue weighted by molar-refractivity contribution is 6.31. The Hall–Kier alpha value is -2.36. The van der Waals surface area contributed by atoms with E-state index in [1.54, 1.807) is 0 Å². The molecule has 5 nitrogen and oxygen atoms in total. The number of rotatable bonds is 3. The van der Waals surface area contributed by atoms with Gasteiger partial charge in [0, 0.05) is 21.2 Å². The summed E-state index contributed by atoms with van der Waals surface area (Å²) in [5.74, 6) is -4.66. The number of urea groups is 1. The molecular weight excluding hydrogens is 439 g/mol. The third kappa shape index (κ3) is 3.77. The maximum absolute atomic E-state index is 14.5. The zero-order chi connectivity index (χ0) is 21.6. The number of alkyl halides is 3. The average Bonchev–Trinajstić information content (AvgIpc) is 2.60. The Labute approximate surface area is 171 Å². The molecular formula is C18H12Cl2F4N2O3. The van der Waals surface area contributed by atoms with E-state index in [0.717, 1.165) is 18.2 Å². The highest BCUT2D eigenvalue weighted by Crippen LogP contribution is 2.45. The summed E-state index contributed by atoms with van der Waals surface area (Å²) in [7, 11) is 0. The van der Waals surface area contributed by atoms with Crippen molar-refractivity contribution in [3.05, 3.63) is 69.5 Å². The minimum Gasteiger partial charge on any atom is -0.363 e. The number of nitrogens with one attached hydrogen (secondary N) is 2. The normalized spacial score (nSPS) is 24.6. The van der Waals surface area contributed by atoms with Crippen molar-refractivity contribution in [3.8, 4) is 0 Å². The van der Waals surface area contributed by atoms with Crippen LogP contribution in [0.3, 0.4) is 0 Å². The Morgan fingerprint density at radius 1 is 1.10 bits per heavy atom. The van der Waals surface area contributed by atoms with Crippen LogP contribution in [0.2, 0.25) is 10.0 Å². The standard InChI is InChI=1S/C18H12Cl2F4N2O3/c19-9-6-4-8(5-7-9)15(27)13-14(12-10(20)2-1-3-11(12)21)25-16(28)26-17(13,29)18(22,23)24/h1-7,13-14,29H,(H2,25,26,28). The Morgan fingerprint density at radius 2 is 1.72 bits per heavy atom. The van der Waals surface area contributed by atoms with E-state index < -0.39 is 47.1 Å². The van der Waals surface area contributed by atoms with Gasteiger partial charge in [-0.1, -0.05) is 29.3 Å². The van der Waals surface area contributed by atoms with Crippen molar-refractivity contribution < 1.29 is 32.3 Å². The molecule has 1 saturated heterocycles. The van der Waals surface area contributed by atoms with Crippen molar-refractivity contribution in [3.63, 3.8) is 0 Å². The summed E-state index contributed by atoms with van der Waals surface area (Å²) in [4.78, 5) is 24.9. The molecule has 154 valence electrons. The van der Waals surface area contributed by atoms with Gasteiger partial charge < -0.3 is 15.7 Å². The first-order valence-corrected chi connectivity index (χ1v) is 8.83. The van der Waals surface area contributed by atoms with Gasteiger partial charge in [-0.3, -0.25) is 4.79 Å². The van der Waals surface area contributed by atoms with E-state index in [9.17, 15) is 32.3 Å². The van der Waals surface area contributed by atoms with Crippen LogP contribution in [0, 0.1) is 11.7 Å². The van der Waals surface area contributed by atoms with Crippen molar-refractivity contribution in [1.29, 1.82) is 0 Å². The molecule has 0 bridgehead atoms. The van der Waals surface area contributed by atoms with Crippen LogP contribution in [0.15, 0.2) is 42.5 Å². The minimum atomic E-state index is -5.46. The number of aliphatic hydroxyl groups is 1. The predicted molar refractivity (Wildman–Crippen MR) is 96.1 cm³/mol. The Morgan fingerprint density at radius 3 is 2.28 bits per heavy atom. The van der Waals surface area contributed by atoms with Crippen LogP contribution >= 0.6 is 23.2 Å². The molecule has 0 saturated carbocycles. The summed E-state index contributed by atoms with van der Waals surface area (Å²) in [5.41, 5.74) is -4.78. The number of carbonyl (C=O) groups excluding carboxylic acids is 2. The number of hydrogen-bond acceptors (Lipinski definition) is 3. The van der Waals surface area contributed by atoms with Gasteiger partial charge in [0.25, 0.3) is 0 Å². The fraction of sp³-hybridized carbons (Fsp3) is 0.222. The van der Waals surface area contributed by atoms with Crippen molar-refractivity contribution in [1.82, 2.24) is 10.6 Å². The van der Waals surface area contributed by atoms with Gasteiger partial charge in [0.15, 0.2) is 5.78 Å². The lowest BCUT2D eigenvalue weighted by Crippen LogP contribution is -2.72. The highest BCUT2D eigenvalue weighted by Gasteiger charge is 2.66. The number of ketones is 1. The quantitative estimate of drug-likeness (QED) is 0.483. The van der Waals surface area contributed by atoms with Crippen molar-refractivity contribution in [2.24, 2.45) is 5.92 Å². The van der Waals surface area contributed by atoms with Gasteiger partial charge in [0.2, 0.25) is 5.72 Å². The lowest BCUT2D eigenvalue weighted by molar-refractivity contribution is -0.287. The molecule has 11 heteroatoms. The fourth-order valence-electron chi connectivity index (χ4n) is 3.18. The smallest absolute Gasteiger partial charge is 0.363 e. The molecule has 2 amide bonds. The van der Waals surface area contributed by atoms with E-state index in [1.807, 2.05) is 0 Å². The summed E-state index contributed by atoms with van der Waals surface area (Å²) in [6, 6.07) is 4.77. The molecule has 3 rings (SSSR count). The van der Waals surface area contributed by atoms with Gasteiger partial charge in [0.05, 0.1) is 6.04 Å². The van der Waals surface area contributed by atoms with E-state index in [2.05, 4.69) is 5.32 Å². The van der Waals surface area contributed by atoms with Crippen molar-refractivity contribution in [2.75, 3.05) is 0 Å². The maximum Gasteiger partial charge on any atom is 0.437 e. The molecule has 1 aliphatic rings. The Balaban J connectivity index is 2.23. The summed E-state index contributed by atoms with van der Waals surface area (Å²) < 4.78 is 55.8. The lowest BCUT2D eigenvalue weighted by atomic mass is 9.77. The Bertz CT molecular complexity index is 948. The lowest BCUT2D eigenvalue weighted by Gasteiger charge is -2.45. The zero-order valence-electron chi connectivity index (χ0n) is 14.2. The van der Waals surface area contributed by atoms with Gasteiger partial charge in [-0.25, -0.2) is 9.18 Å². The molecule has 0 aliphatic carbocycles. The number of benzene rings is 2. The molecule has 0 aromatic heterocycles. The molecule has 1 fully saturated rings.